The van der Waals surface area contributed by atoms with Crippen LogP contribution in [-0.4, -0.2) is 25.9 Å². The number of hydrogen-bond acceptors (Lipinski definition) is 3. The third kappa shape index (κ3) is 5.16. The number of nitrogens with one attached hydrogen (secondary N) is 1. The van der Waals surface area contributed by atoms with Crippen LogP contribution in [0, 0.1) is 12.3 Å². The van der Waals surface area contributed by atoms with Gasteiger partial charge in [0.2, 0.25) is 10.0 Å². The standard InChI is InChI=1S/C13H21NO3S/c1-11-4-6-12(7-5-11)8-14-18(16,17)10-13(2,3)9-15/h4-7,14-15H,8-10H2,1-3H3. The predicted octanol–water partition coefficient (Wildman–Crippen LogP) is 1.43. The van der Waals surface area contributed by atoms with Gasteiger partial charge in [0.15, 0.2) is 0 Å². The smallest absolute Gasteiger partial charge is 0.212 e. The highest BCUT2D eigenvalue weighted by atomic mass is 32.2. The molecular weight excluding hydrogens is 250 g/mol. The zero-order valence-electron chi connectivity index (χ0n) is 11.1. The summed E-state index contributed by atoms with van der Waals surface area (Å²) < 4.78 is 26.2. The van der Waals surface area contributed by atoms with E-state index in [-0.39, 0.29) is 18.9 Å². The first-order chi connectivity index (χ1) is 8.24. The van der Waals surface area contributed by atoms with Crippen molar-refractivity contribution in [3.05, 3.63) is 35.4 Å². The molecule has 0 aliphatic heterocycles. The molecule has 0 amide bonds. The second-order valence-corrected chi connectivity index (χ2v) is 7.19. The fraction of sp³-hybridized carbons (Fsp3) is 0.538. The van der Waals surface area contributed by atoms with Gasteiger partial charge in [-0.15, -0.1) is 0 Å². The van der Waals surface area contributed by atoms with Crippen molar-refractivity contribution in [3.63, 3.8) is 0 Å². The average molecular weight is 271 g/mol. The van der Waals surface area contributed by atoms with E-state index in [0.717, 1.165) is 11.1 Å². The molecule has 4 nitrogen and oxygen atoms in total. The number of rotatable bonds is 6. The van der Waals surface area contributed by atoms with Crippen LogP contribution in [0.4, 0.5) is 0 Å². The summed E-state index contributed by atoms with van der Waals surface area (Å²) >= 11 is 0. The molecule has 0 aromatic heterocycles. The quantitative estimate of drug-likeness (QED) is 0.822. The molecule has 0 radical (unpaired) electrons. The van der Waals surface area contributed by atoms with Gasteiger partial charge >= 0.3 is 0 Å². The zero-order valence-corrected chi connectivity index (χ0v) is 11.9. The third-order valence-corrected chi connectivity index (χ3v) is 4.37. The van der Waals surface area contributed by atoms with E-state index in [2.05, 4.69) is 4.72 Å². The van der Waals surface area contributed by atoms with Crippen molar-refractivity contribution in [1.82, 2.24) is 4.72 Å². The molecule has 5 heteroatoms. The summed E-state index contributed by atoms with van der Waals surface area (Å²) in [4.78, 5) is 0. The number of aliphatic hydroxyl groups excluding tert-OH is 1. The van der Waals surface area contributed by atoms with E-state index in [0.29, 0.717) is 0 Å². The molecule has 0 saturated heterocycles. The Balaban J connectivity index is 2.59. The van der Waals surface area contributed by atoms with Crippen LogP contribution < -0.4 is 4.72 Å². The second-order valence-electron chi connectivity index (χ2n) is 5.39. The highest BCUT2D eigenvalue weighted by molar-refractivity contribution is 7.89. The average Bonchev–Trinajstić information content (AvgIpc) is 2.27. The van der Waals surface area contributed by atoms with Gasteiger partial charge in [-0.2, -0.15) is 0 Å². The summed E-state index contributed by atoms with van der Waals surface area (Å²) in [7, 11) is -3.37. The van der Waals surface area contributed by atoms with Crippen molar-refractivity contribution in [2.24, 2.45) is 5.41 Å². The topological polar surface area (TPSA) is 66.4 Å². The van der Waals surface area contributed by atoms with Gasteiger partial charge in [-0.25, -0.2) is 13.1 Å². The summed E-state index contributed by atoms with van der Waals surface area (Å²) in [5.41, 5.74) is 1.44. The molecule has 0 spiro atoms. The molecule has 0 saturated carbocycles. The minimum absolute atomic E-state index is 0.0810. The van der Waals surface area contributed by atoms with Crippen LogP contribution in [0.25, 0.3) is 0 Å². The maximum absolute atomic E-state index is 11.8. The molecule has 0 bridgehead atoms. The third-order valence-electron chi connectivity index (χ3n) is 2.63. The normalized spacial score (nSPS) is 12.7. The molecule has 1 rings (SSSR count). The van der Waals surface area contributed by atoms with E-state index in [1.54, 1.807) is 13.8 Å². The highest BCUT2D eigenvalue weighted by Gasteiger charge is 2.25. The lowest BCUT2D eigenvalue weighted by Gasteiger charge is -2.21. The van der Waals surface area contributed by atoms with Crippen LogP contribution >= 0.6 is 0 Å². The lowest BCUT2D eigenvalue weighted by atomic mass is 9.98. The number of sulfonamides is 1. The Morgan fingerprint density at radius 2 is 1.78 bits per heavy atom. The molecule has 18 heavy (non-hydrogen) atoms. The van der Waals surface area contributed by atoms with Crippen LogP contribution in [0.3, 0.4) is 0 Å². The Bertz CT molecular complexity index is 477. The van der Waals surface area contributed by atoms with Gasteiger partial charge in [0.25, 0.3) is 0 Å². The summed E-state index contributed by atoms with van der Waals surface area (Å²) in [5, 5.41) is 9.08. The molecule has 0 fully saturated rings. The van der Waals surface area contributed by atoms with Crippen molar-refractivity contribution >= 4 is 10.0 Å². The maximum atomic E-state index is 11.8. The van der Waals surface area contributed by atoms with Crippen LogP contribution in [0.2, 0.25) is 0 Å². The van der Waals surface area contributed by atoms with E-state index in [4.69, 9.17) is 5.11 Å². The van der Waals surface area contributed by atoms with Gasteiger partial charge in [-0.05, 0) is 12.5 Å². The van der Waals surface area contributed by atoms with Crippen molar-refractivity contribution < 1.29 is 13.5 Å². The molecule has 0 unspecified atom stereocenters. The van der Waals surface area contributed by atoms with Crippen molar-refractivity contribution in [3.8, 4) is 0 Å². The number of aliphatic hydroxyl groups is 1. The highest BCUT2D eigenvalue weighted by Crippen LogP contribution is 2.16. The van der Waals surface area contributed by atoms with Gasteiger partial charge < -0.3 is 5.11 Å². The fourth-order valence-electron chi connectivity index (χ4n) is 1.51. The lowest BCUT2D eigenvalue weighted by Crippen LogP contribution is -2.35. The minimum Gasteiger partial charge on any atom is -0.396 e. The van der Waals surface area contributed by atoms with E-state index in [9.17, 15) is 8.42 Å². The van der Waals surface area contributed by atoms with E-state index in [1.165, 1.54) is 0 Å². The molecule has 0 aliphatic rings. The Kier molecular flexibility index (Phi) is 4.90. The molecule has 2 N–H and O–H groups in total. The number of aryl methyl sites for hydroxylation is 1. The Hall–Kier alpha value is -0.910. The predicted molar refractivity (Wildman–Crippen MR) is 72.7 cm³/mol. The number of benzene rings is 1. The second kappa shape index (κ2) is 5.82. The van der Waals surface area contributed by atoms with Gasteiger partial charge in [-0.3, -0.25) is 0 Å². The van der Waals surface area contributed by atoms with Crippen molar-refractivity contribution in [1.29, 1.82) is 0 Å². The minimum atomic E-state index is -3.37. The Labute approximate surface area is 109 Å². The van der Waals surface area contributed by atoms with Crippen molar-refractivity contribution in [2.45, 2.75) is 27.3 Å². The first-order valence-corrected chi connectivity index (χ1v) is 7.53. The monoisotopic (exact) mass is 271 g/mol. The number of hydrogen-bond donors (Lipinski definition) is 2. The lowest BCUT2D eigenvalue weighted by molar-refractivity contribution is 0.178. The van der Waals surface area contributed by atoms with E-state index >= 15 is 0 Å². The maximum Gasteiger partial charge on any atom is 0.212 e. The summed E-state index contributed by atoms with van der Waals surface area (Å²) in [6, 6.07) is 7.69. The van der Waals surface area contributed by atoms with E-state index < -0.39 is 15.4 Å². The fourth-order valence-corrected chi connectivity index (χ4v) is 3.12. The van der Waals surface area contributed by atoms with Crippen LogP contribution in [0.15, 0.2) is 24.3 Å². The molecule has 0 aliphatic carbocycles. The molecule has 1 aromatic carbocycles. The molecule has 0 atom stereocenters. The van der Waals surface area contributed by atoms with Gasteiger partial charge in [-0.1, -0.05) is 43.7 Å². The van der Waals surface area contributed by atoms with Crippen LogP contribution in [0.1, 0.15) is 25.0 Å². The Morgan fingerprint density at radius 1 is 1.22 bits per heavy atom. The first-order valence-electron chi connectivity index (χ1n) is 5.88. The largest absolute Gasteiger partial charge is 0.396 e. The molecule has 0 heterocycles. The van der Waals surface area contributed by atoms with E-state index in [1.807, 2.05) is 31.2 Å². The SMILES string of the molecule is Cc1ccc(CNS(=O)(=O)CC(C)(C)CO)cc1. The molecular formula is C13H21NO3S. The van der Waals surface area contributed by atoms with Crippen LogP contribution in [-0.2, 0) is 16.6 Å². The summed E-state index contributed by atoms with van der Waals surface area (Å²) in [6.45, 7) is 5.55. The summed E-state index contributed by atoms with van der Waals surface area (Å²) in [6.07, 6.45) is 0. The molecule has 102 valence electrons. The molecule has 1 aromatic rings. The van der Waals surface area contributed by atoms with Crippen molar-refractivity contribution in [2.75, 3.05) is 12.4 Å². The summed E-state index contributed by atoms with van der Waals surface area (Å²) in [5.74, 6) is -0.0810. The van der Waals surface area contributed by atoms with Crippen LogP contribution in [0.5, 0.6) is 0 Å². The van der Waals surface area contributed by atoms with Gasteiger partial charge in [0.1, 0.15) is 0 Å². The van der Waals surface area contributed by atoms with Gasteiger partial charge in [0, 0.05) is 18.6 Å². The zero-order chi connectivity index (χ0) is 13.8. The van der Waals surface area contributed by atoms with Gasteiger partial charge in [0.05, 0.1) is 5.75 Å². The Morgan fingerprint density at radius 3 is 2.28 bits per heavy atom. The first kappa shape index (κ1) is 15.1.